The van der Waals surface area contributed by atoms with Crippen LogP contribution in [-0.2, 0) is 13.2 Å². The molecule has 2 heterocycles. The van der Waals surface area contributed by atoms with Crippen molar-refractivity contribution in [1.82, 2.24) is 20.0 Å². The lowest BCUT2D eigenvalue weighted by molar-refractivity contribution is -0.143. The monoisotopic (exact) mass is 358 g/mol. The van der Waals surface area contributed by atoms with Crippen molar-refractivity contribution in [3.05, 3.63) is 35.3 Å². The van der Waals surface area contributed by atoms with Gasteiger partial charge in [-0.05, 0) is 45.3 Å². The molecule has 0 saturated heterocycles. The molecule has 0 spiro atoms. The van der Waals surface area contributed by atoms with E-state index in [0.717, 1.165) is 40.8 Å². The molecule has 0 aliphatic carbocycles. The Morgan fingerprint density at radius 2 is 2.08 bits per heavy atom. The van der Waals surface area contributed by atoms with Crippen molar-refractivity contribution in [3.63, 3.8) is 0 Å². The van der Waals surface area contributed by atoms with Crippen molar-refractivity contribution in [2.24, 2.45) is 7.05 Å². The maximum absolute atomic E-state index is 12.9. The first-order valence-corrected chi connectivity index (χ1v) is 8.29. The largest absolute Gasteiger partial charge is 0.433 e. The van der Waals surface area contributed by atoms with Gasteiger partial charge in [-0.1, -0.05) is 6.58 Å². The molecule has 0 aliphatic rings. The minimum atomic E-state index is -4.41. The Morgan fingerprint density at radius 3 is 2.67 bits per heavy atom. The zero-order chi connectivity index (χ0) is 17.9. The molecule has 2 aromatic rings. The second-order valence-corrected chi connectivity index (χ2v) is 6.85. The van der Waals surface area contributed by atoms with E-state index in [1.54, 1.807) is 6.07 Å². The average molecular weight is 358 g/mol. The van der Waals surface area contributed by atoms with Crippen molar-refractivity contribution in [3.8, 4) is 10.6 Å². The molecule has 0 aliphatic heterocycles. The maximum atomic E-state index is 12.9. The zero-order valence-corrected chi connectivity index (χ0v) is 14.8. The molecule has 0 atom stereocenters. The standard InChI is InChI=1S/C16H21F3N4S/c1-11(20-8-5-9-22(2)3)13-6-7-14(24-13)12-10-15(16(17,18)19)23(4)21-12/h6-7,10,20H,1,5,8-9H2,2-4H3. The van der Waals surface area contributed by atoms with Crippen molar-refractivity contribution in [2.45, 2.75) is 12.6 Å². The molecule has 1 N–H and O–H groups in total. The van der Waals surface area contributed by atoms with Gasteiger partial charge in [-0.25, -0.2) is 0 Å². The van der Waals surface area contributed by atoms with E-state index in [4.69, 9.17) is 0 Å². The van der Waals surface area contributed by atoms with E-state index in [1.807, 2.05) is 20.2 Å². The molecule has 2 rings (SSSR count). The van der Waals surface area contributed by atoms with Gasteiger partial charge in [-0.3, -0.25) is 4.68 Å². The summed E-state index contributed by atoms with van der Waals surface area (Å²) in [4.78, 5) is 3.69. The summed E-state index contributed by atoms with van der Waals surface area (Å²) in [7, 11) is 5.33. The highest BCUT2D eigenvalue weighted by Crippen LogP contribution is 2.35. The van der Waals surface area contributed by atoms with Crippen molar-refractivity contribution >= 4 is 17.0 Å². The average Bonchev–Trinajstić information content (AvgIpc) is 3.08. The number of hydrogen-bond donors (Lipinski definition) is 1. The maximum Gasteiger partial charge on any atom is 0.433 e. The Hall–Kier alpha value is -1.80. The second-order valence-electron chi connectivity index (χ2n) is 5.76. The summed E-state index contributed by atoms with van der Waals surface area (Å²) < 4.78 is 39.4. The first kappa shape index (κ1) is 18.5. The molecule has 0 bridgehead atoms. The van der Waals surface area contributed by atoms with E-state index >= 15 is 0 Å². The summed E-state index contributed by atoms with van der Waals surface area (Å²) in [6.07, 6.45) is -3.42. The molecular weight excluding hydrogens is 337 g/mol. The topological polar surface area (TPSA) is 33.1 Å². The van der Waals surface area contributed by atoms with Crippen LogP contribution in [0.25, 0.3) is 16.3 Å². The molecule has 24 heavy (non-hydrogen) atoms. The van der Waals surface area contributed by atoms with E-state index in [2.05, 4.69) is 21.9 Å². The van der Waals surface area contributed by atoms with Crippen LogP contribution in [0.4, 0.5) is 13.2 Å². The highest BCUT2D eigenvalue weighted by Gasteiger charge is 2.35. The fourth-order valence-electron chi connectivity index (χ4n) is 2.21. The molecule has 0 aromatic carbocycles. The van der Waals surface area contributed by atoms with Gasteiger partial charge in [0.15, 0.2) is 0 Å². The number of hydrogen-bond acceptors (Lipinski definition) is 4. The fraction of sp³-hybridized carbons (Fsp3) is 0.438. The predicted molar refractivity (Wildman–Crippen MR) is 91.7 cm³/mol. The van der Waals surface area contributed by atoms with Gasteiger partial charge >= 0.3 is 6.18 Å². The Bertz CT molecular complexity index is 700. The van der Waals surface area contributed by atoms with Crippen LogP contribution >= 0.6 is 11.3 Å². The lowest BCUT2D eigenvalue weighted by Gasteiger charge is -2.11. The number of nitrogens with zero attached hydrogens (tertiary/aromatic N) is 3. The number of alkyl halides is 3. The fourth-order valence-corrected chi connectivity index (χ4v) is 3.12. The molecule has 0 fully saturated rings. The third-order valence-corrected chi connectivity index (χ3v) is 4.61. The third kappa shape index (κ3) is 4.61. The van der Waals surface area contributed by atoms with Gasteiger partial charge in [-0.15, -0.1) is 11.3 Å². The lowest BCUT2D eigenvalue weighted by atomic mass is 10.3. The number of aromatic nitrogens is 2. The van der Waals surface area contributed by atoms with Crippen molar-refractivity contribution in [1.29, 1.82) is 0 Å². The summed E-state index contributed by atoms with van der Waals surface area (Å²) in [6.45, 7) is 5.76. The normalized spacial score (nSPS) is 12.0. The Kier molecular flexibility index (Phi) is 5.71. The van der Waals surface area contributed by atoms with E-state index in [0.29, 0.717) is 10.6 Å². The van der Waals surface area contributed by atoms with Crippen LogP contribution < -0.4 is 5.32 Å². The van der Waals surface area contributed by atoms with Crippen LogP contribution in [0.2, 0.25) is 0 Å². The Labute approximate surface area is 143 Å². The van der Waals surface area contributed by atoms with Gasteiger partial charge in [0, 0.05) is 19.3 Å². The molecule has 4 nitrogen and oxygen atoms in total. The van der Waals surface area contributed by atoms with Crippen molar-refractivity contribution in [2.75, 3.05) is 27.2 Å². The predicted octanol–water partition coefficient (Wildman–Crippen LogP) is 3.68. The summed E-state index contributed by atoms with van der Waals surface area (Å²) in [5.74, 6) is 0. The molecule has 0 unspecified atom stereocenters. The minimum absolute atomic E-state index is 0.321. The van der Waals surface area contributed by atoms with E-state index < -0.39 is 11.9 Å². The first-order valence-electron chi connectivity index (χ1n) is 7.48. The van der Waals surface area contributed by atoms with Crippen LogP contribution in [0.1, 0.15) is 17.0 Å². The molecule has 132 valence electrons. The number of rotatable bonds is 7. The van der Waals surface area contributed by atoms with E-state index in [9.17, 15) is 13.2 Å². The Morgan fingerprint density at radius 1 is 1.38 bits per heavy atom. The van der Waals surface area contributed by atoms with Crippen LogP contribution in [0.3, 0.4) is 0 Å². The minimum Gasteiger partial charge on any atom is -0.384 e. The summed E-state index contributed by atoms with van der Waals surface area (Å²) in [6, 6.07) is 4.70. The third-order valence-electron chi connectivity index (χ3n) is 3.45. The number of nitrogens with one attached hydrogen (secondary N) is 1. The van der Waals surface area contributed by atoms with Gasteiger partial charge in [0.2, 0.25) is 0 Å². The first-order chi connectivity index (χ1) is 11.2. The van der Waals surface area contributed by atoms with Crippen LogP contribution in [0, 0.1) is 0 Å². The molecular formula is C16H21F3N4S. The van der Waals surface area contributed by atoms with Crippen LogP contribution in [0.15, 0.2) is 24.8 Å². The second kappa shape index (κ2) is 7.40. The van der Waals surface area contributed by atoms with Crippen LogP contribution in [-0.4, -0.2) is 41.9 Å². The van der Waals surface area contributed by atoms with Gasteiger partial charge in [0.1, 0.15) is 11.4 Å². The van der Waals surface area contributed by atoms with Gasteiger partial charge < -0.3 is 10.2 Å². The zero-order valence-electron chi connectivity index (χ0n) is 13.9. The van der Waals surface area contributed by atoms with Crippen molar-refractivity contribution < 1.29 is 13.2 Å². The molecule has 0 amide bonds. The van der Waals surface area contributed by atoms with Gasteiger partial charge in [-0.2, -0.15) is 18.3 Å². The number of halogens is 3. The smallest absolute Gasteiger partial charge is 0.384 e. The molecule has 0 radical (unpaired) electrons. The summed E-state index contributed by atoms with van der Waals surface area (Å²) in [5.41, 5.74) is 0.339. The van der Waals surface area contributed by atoms with Crippen LogP contribution in [0.5, 0.6) is 0 Å². The van der Waals surface area contributed by atoms with E-state index in [-0.39, 0.29) is 0 Å². The summed E-state index contributed by atoms with van der Waals surface area (Å²) >= 11 is 1.38. The number of aryl methyl sites for hydroxylation is 1. The number of thiophene rings is 1. The van der Waals surface area contributed by atoms with Gasteiger partial charge in [0.05, 0.1) is 9.75 Å². The Balaban J connectivity index is 2.04. The lowest BCUT2D eigenvalue weighted by Crippen LogP contribution is -2.19. The molecule has 0 saturated carbocycles. The molecule has 2 aromatic heterocycles. The molecule has 8 heteroatoms. The quantitative estimate of drug-likeness (QED) is 0.767. The SMILES string of the molecule is C=C(NCCCN(C)C)c1ccc(-c2cc(C(F)(F)F)n(C)n2)s1. The summed E-state index contributed by atoms with van der Waals surface area (Å²) in [5, 5.41) is 7.21. The highest BCUT2D eigenvalue weighted by atomic mass is 32.1. The highest BCUT2D eigenvalue weighted by molar-refractivity contribution is 7.16. The van der Waals surface area contributed by atoms with E-state index in [1.165, 1.54) is 18.4 Å². The van der Waals surface area contributed by atoms with Gasteiger partial charge in [0.25, 0.3) is 0 Å².